The second-order valence-corrected chi connectivity index (χ2v) is 4.38. The van der Waals surface area contributed by atoms with Crippen LogP contribution in [-0.4, -0.2) is 16.3 Å². The van der Waals surface area contributed by atoms with E-state index in [1.165, 1.54) is 5.56 Å². The first-order valence-electron chi connectivity index (χ1n) is 6.10. The highest BCUT2D eigenvalue weighted by molar-refractivity contribution is 5.29. The van der Waals surface area contributed by atoms with Gasteiger partial charge in [0.2, 0.25) is 0 Å². The number of hydrogen-bond donors (Lipinski definition) is 1. The molecule has 2 rings (SSSR count). The van der Waals surface area contributed by atoms with Gasteiger partial charge >= 0.3 is 0 Å². The molecule has 0 saturated heterocycles. The van der Waals surface area contributed by atoms with E-state index in [2.05, 4.69) is 11.2 Å². The summed E-state index contributed by atoms with van der Waals surface area (Å²) in [5.41, 5.74) is 8.82. The average molecular weight is 245 g/mol. The molecule has 0 fully saturated rings. The van der Waals surface area contributed by atoms with Gasteiger partial charge in [-0.3, -0.25) is 4.68 Å². The second kappa shape index (κ2) is 5.69. The van der Waals surface area contributed by atoms with E-state index >= 15 is 0 Å². The minimum atomic E-state index is 0.531. The van der Waals surface area contributed by atoms with Gasteiger partial charge < -0.3 is 10.5 Å². The topological polar surface area (TPSA) is 53.1 Å². The predicted molar refractivity (Wildman–Crippen MR) is 71.5 cm³/mol. The van der Waals surface area contributed by atoms with Crippen molar-refractivity contribution in [1.29, 1.82) is 0 Å². The lowest BCUT2D eigenvalue weighted by molar-refractivity contribution is 0.294. The van der Waals surface area contributed by atoms with Crippen LogP contribution in [0.25, 0.3) is 0 Å². The van der Waals surface area contributed by atoms with Gasteiger partial charge in [-0.05, 0) is 43.7 Å². The minimum absolute atomic E-state index is 0.531. The van der Waals surface area contributed by atoms with E-state index in [9.17, 15) is 0 Å². The van der Waals surface area contributed by atoms with Crippen LogP contribution in [0.1, 0.15) is 17.0 Å². The van der Waals surface area contributed by atoms with Crippen LogP contribution >= 0.6 is 0 Å². The molecule has 4 heteroatoms. The first-order chi connectivity index (χ1) is 8.69. The number of hydrogen-bond acceptors (Lipinski definition) is 3. The number of aryl methyl sites for hydroxylation is 2. The van der Waals surface area contributed by atoms with Crippen molar-refractivity contribution in [1.82, 2.24) is 9.78 Å². The lowest BCUT2D eigenvalue weighted by atomic mass is 10.1. The largest absolute Gasteiger partial charge is 0.487 e. The third-order valence-corrected chi connectivity index (χ3v) is 2.82. The van der Waals surface area contributed by atoms with Crippen LogP contribution in [0.5, 0.6) is 5.75 Å². The highest BCUT2D eigenvalue weighted by Gasteiger charge is 2.03. The fourth-order valence-electron chi connectivity index (χ4n) is 1.91. The predicted octanol–water partition coefficient (Wildman–Crippen LogP) is 1.81. The Kier molecular flexibility index (Phi) is 3.99. The summed E-state index contributed by atoms with van der Waals surface area (Å²) in [4.78, 5) is 0. The SMILES string of the molecule is Cc1cc(COc2cccc(CCN)c2)n(C)n1. The standard InChI is InChI=1S/C14H19N3O/c1-11-8-13(17(2)16-11)10-18-14-5-3-4-12(9-14)6-7-15/h3-5,8-9H,6-7,10,15H2,1-2H3. The lowest BCUT2D eigenvalue weighted by Crippen LogP contribution is -2.04. The van der Waals surface area contributed by atoms with Crippen LogP contribution in [0.3, 0.4) is 0 Å². The third kappa shape index (κ3) is 3.11. The molecule has 0 saturated carbocycles. The Hall–Kier alpha value is -1.81. The van der Waals surface area contributed by atoms with Gasteiger partial charge in [-0.1, -0.05) is 12.1 Å². The molecule has 0 spiro atoms. The van der Waals surface area contributed by atoms with Gasteiger partial charge in [0.05, 0.1) is 11.4 Å². The van der Waals surface area contributed by atoms with Gasteiger partial charge in [0.25, 0.3) is 0 Å². The maximum absolute atomic E-state index is 5.77. The summed E-state index contributed by atoms with van der Waals surface area (Å²) in [5.74, 6) is 0.875. The maximum atomic E-state index is 5.77. The molecular formula is C14H19N3O. The van der Waals surface area contributed by atoms with E-state index in [0.29, 0.717) is 13.2 Å². The van der Waals surface area contributed by atoms with Gasteiger partial charge in [-0.2, -0.15) is 5.10 Å². The third-order valence-electron chi connectivity index (χ3n) is 2.82. The Morgan fingerprint density at radius 2 is 2.17 bits per heavy atom. The van der Waals surface area contributed by atoms with E-state index < -0.39 is 0 Å². The summed E-state index contributed by atoms with van der Waals surface area (Å²) in [5, 5.41) is 4.29. The molecule has 0 bridgehead atoms. The van der Waals surface area contributed by atoms with E-state index in [1.54, 1.807) is 0 Å². The zero-order valence-electron chi connectivity index (χ0n) is 10.9. The fourth-order valence-corrected chi connectivity index (χ4v) is 1.91. The Balaban J connectivity index is 2.01. The Morgan fingerprint density at radius 3 is 2.83 bits per heavy atom. The molecule has 0 aliphatic rings. The maximum Gasteiger partial charge on any atom is 0.130 e. The monoisotopic (exact) mass is 245 g/mol. The number of rotatable bonds is 5. The highest BCUT2D eigenvalue weighted by atomic mass is 16.5. The molecule has 96 valence electrons. The van der Waals surface area contributed by atoms with Crippen molar-refractivity contribution in [3.8, 4) is 5.75 Å². The number of aromatic nitrogens is 2. The molecule has 0 atom stereocenters. The Bertz CT molecular complexity index is 520. The summed E-state index contributed by atoms with van der Waals surface area (Å²) >= 11 is 0. The molecule has 18 heavy (non-hydrogen) atoms. The summed E-state index contributed by atoms with van der Waals surface area (Å²) < 4.78 is 7.62. The average Bonchev–Trinajstić information content (AvgIpc) is 2.66. The second-order valence-electron chi connectivity index (χ2n) is 4.38. The summed E-state index contributed by atoms with van der Waals surface area (Å²) in [6.07, 6.45) is 0.877. The smallest absolute Gasteiger partial charge is 0.130 e. The molecule has 2 N–H and O–H groups in total. The molecule has 1 aromatic carbocycles. The molecule has 0 radical (unpaired) electrons. The number of benzene rings is 1. The molecule has 4 nitrogen and oxygen atoms in total. The Labute approximate surface area is 107 Å². The quantitative estimate of drug-likeness (QED) is 0.874. The molecule has 0 aliphatic carbocycles. The molecule has 1 aromatic heterocycles. The van der Waals surface area contributed by atoms with E-state index in [4.69, 9.17) is 10.5 Å². The van der Waals surface area contributed by atoms with Crippen molar-refractivity contribution in [2.24, 2.45) is 12.8 Å². The van der Waals surface area contributed by atoms with Gasteiger partial charge in [0, 0.05) is 7.05 Å². The minimum Gasteiger partial charge on any atom is -0.487 e. The zero-order chi connectivity index (χ0) is 13.0. The van der Waals surface area contributed by atoms with Crippen LogP contribution in [-0.2, 0) is 20.1 Å². The van der Waals surface area contributed by atoms with Crippen molar-refractivity contribution in [2.75, 3.05) is 6.54 Å². The number of ether oxygens (including phenoxy) is 1. The Morgan fingerprint density at radius 1 is 1.33 bits per heavy atom. The number of nitrogens with zero attached hydrogens (tertiary/aromatic N) is 2. The fraction of sp³-hybridized carbons (Fsp3) is 0.357. The summed E-state index contributed by atoms with van der Waals surface area (Å²) in [6, 6.07) is 10.1. The zero-order valence-corrected chi connectivity index (χ0v) is 10.9. The van der Waals surface area contributed by atoms with Gasteiger partial charge in [0.1, 0.15) is 12.4 Å². The molecule has 0 unspecified atom stereocenters. The van der Waals surface area contributed by atoms with Crippen LogP contribution in [0.15, 0.2) is 30.3 Å². The van der Waals surface area contributed by atoms with Crippen LogP contribution in [0, 0.1) is 6.92 Å². The molecule has 2 aromatic rings. The number of nitrogens with two attached hydrogens (primary N) is 1. The van der Waals surface area contributed by atoms with Crippen molar-refractivity contribution < 1.29 is 4.74 Å². The lowest BCUT2D eigenvalue weighted by Gasteiger charge is -2.07. The molecular weight excluding hydrogens is 226 g/mol. The molecule has 0 amide bonds. The van der Waals surface area contributed by atoms with Crippen molar-refractivity contribution in [3.63, 3.8) is 0 Å². The van der Waals surface area contributed by atoms with E-state index in [0.717, 1.165) is 23.6 Å². The normalized spacial score (nSPS) is 10.6. The summed E-state index contributed by atoms with van der Waals surface area (Å²) in [6.45, 7) is 3.17. The van der Waals surface area contributed by atoms with Gasteiger partial charge in [-0.25, -0.2) is 0 Å². The first kappa shape index (κ1) is 12.6. The van der Waals surface area contributed by atoms with Crippen molar-refractivity contribution >= 4 is 0 Å². The van der Waals surface area contributed by atoms with Crippen LogP contribution in [0.2, 0.25) is 0 Å². The summed E-state index contributed by atoms with van der Waals surface area (Å²) in [7, 11) is 1.93. The first-order valence-corrected chi connectivity index (χ1v) is 6.10. The van der Waals surface area contributed by atoms with E-state index in [1.807, 2.05) is 42.9 Å². The van der Waals surface area contributed by atoms with Crippen molar-refractivity contribution in [2.45, 2.75) is 20.0 Å². The molecule has 1 heterocycles. The van der Waals surface area contributed by atoms with Crippen LogP contribution in [0.4, 0.5) is 0 Å². The highest BCUT2D eigenvalue weighted by Crippen LogP contribution is 2.15. The van der Waals surface area contributed by atoms with Crippen LogP contribution < -0.4 is 10.5 Å². The molecule has 0 aliphatic heterocycles. The van der Waals surface area contributed by atoms with Gasteiger partial charge in [0.15, 0.2) is 0 Å². The van der Waals surface area contributed by atoms with Gasteiger partial charge in [-0.15, -0.1) is 0 Å². The van der Waals surface area contributed by atoms with Crippen molar-refractivity contribution in [3.05, 3.63) is 47.3 Å². The van der Waals surface area contributed by atoms with E-state index in [-0.39, 0.29) is 0 Å².